The Morgan fingerprint density at radius 2 is 1.65 bits per heavy atom. The van der Waals surface area contributed by atoms with E-state index in [1.807, 2.05) is 59.0 Å². The zero-order valence-corrected chi connectivity index (χ0v) is 13.8. The van der Waals surface area contributed by atoms with Crippen LogP contribution >= 0.6 is 0 Å². The van der Waals surface area contributed by atoms with Gasteiger partial charge in [0.1, 0.15) is 0 Å². The molecule has 7 nitrogen and oxygen atoms in total. The van der Waals surface area contributed by atoms with Gasteiger partial charge in [-0.1, -0.05) is 18.2 Å². The number of nitrogens with zero attached hydrogens (tertiary/aromatic N) is 3. The van der Waals surface area contributed by atoms with Gasteiger partial charge in [-0.2, -0.15) is 0 Å². The van der Waals surface area contributed by atoms with E-state index in [1.165, 1.54) is 0 Å². The average Bonchev–Trinajstić information content (AvgIpc) is 2.57. The summed E-state index contributed by atoms with van der Waals surface area (Å²) in [5, 5.41) is 4.62. The summed E-state index contributed by atoms with van der Waals surface area (Å²) in [6.45, 7) is 7.85. The Hall–Kier alpha value is -2.28. The lowest BCUT2D eigenvalue weighted by molar-refractivity contribution is 0.0962. The molecule has 2 rings (SSSR count). The number of hydrogen-bond acceptors (Lipinski definition) is 3. The molecule has 126 valence electrons. The van der Waals surface area contributed by atoms with Crippen LogP contribution in [0.15, 0.2) is 30.3 Å². The summed E-state index contributed by atoms with van der Waals surface area (Å²) in [6, 6.07) is 9.11. The van der Waals surface area contributed by atoms with Crippen molar-refractivity contribution in [2.75, 3.05) is 44.6 Å². The third-order valence-corrected chi connectivity index (χ3v) is 3.88. The van der Waals surface area contributed by atoms with Gasteiger partial charge in [0.15, 0.2) is 0 Å². The van der Waals surface area contributed by atoms with Crippen LogP contribution in [0.5, 0.6) is 0 Å². The number of rotatable bonds is 4. The van der Waals surface area contributed by atoms with Crippen molar-refractivity contribution >= 4 is 17.7 Å². The Kier molecular flexibility index (Phi) is 6.22. The van der Waals surface area contributed by atoms with Gasteiger partial charge in [0.2, 0.25) is 0 Å². The Balaban J connectivity index is 1.76. The van der Waals surface area contributed by atoms with E-state index in [0.717, 1.165) is 5.69 Å². The molecule has 0 radical (unpaired) electrons. The first-order valence-electron chi connectivity index (χ1n) is 8.05. The second-order valence-electron chi connectivity index (χ2n) is 5.36. The van der Waals surface area contributed by atoms with Gasteiger partial charge in [0.25, 0.3) is 0 Å². The van der Waals surface area contributed by atoms with Gasteiger partial charge in [-0.25, -0.2) is 14.6 Å². The first kappa shape index (κ1) is 17.1. The number of carbonyl (C=O) groups is 2. The van der Waals surface area contributed by atoms with Crippen molar-refractivity contribution < 1.29 is 9.59 Å². The van der Waals surface area contributed by atoms with E-state index in [-0.39, 0.29) is 12.1 Å². The molecule has 0 aromatic heterocycles. The molecule has 1 saturated heterocycles. The Labute approximate surface area is 137 Å². The van der Waals surface area contributed by atoms with Crippen LogP contribution < -0.4 is 10.7 Å². The molecule has 23 heavy (non-hydrogen) atoms. The predicted molar refractivity (Wildman–Crippen MR) is 90.1 cm³/mol. The third kappa shape index (κ3) is 4.85. The van der Waals surface area contributed by atoms with Crippen LogP contribution in [0.3, 0.4) is 0 Å². The highest BCUT2D eigenvalue weighted by Gasteiger charge is 2.24. The van der Waals surface area contributed by atoms with E-state index < -0.39 is 0 Å². The number of amides is 4. The number of urea groups is 2. The molecule has 0 unspecified atom stereocenters. The van der Waals surface area contributed by atoms with Crippen molar-refractivity contribution in [3.63, 3.8) is 0 Å². The van der Waals surface area contributed by atoms with E-state index >= 15 is 0 Å². The monoisotopic (exact) mass is 319 g/mol. The second kappa shape index (κ2) is 8.38. The summed E-state index contributed by atoms with van der Waals surface area (Å²) in [6.07, 6.45) is 0. The second-order valence-corrected chi connectivity index (χ2v) is 5.36. The lowest BCUT2D eigenvalue weighted by Gasteiger charge is -2.37. The largest absolute Gasteiger partial charge is 0.333 e. The van der Waals surface area contributed by atoms with Crippen LogP contribution in [0.25, 0.3) is 0 Å². The molecule has 0 bridgehead atoms. The maximum absolute atomic E-state index is 12.3. The van der Waals surface area contributed by atoms with Crippen LogP contribution in [0.1, 0.15) is 13.8 Å². The van der Waals surface area contributed by atoms with Crippen molar-refractivity contribution in [2.24, 2.45) is 0 Å². The maximum Gasteiger partial charge on any atom is 0.333 e. The molecule has 1 fully saturated rings. The highest BCUT2D eigenvalue weighted by molar-refractivity contribution is 5.88. The summed E-state index contributed by atoms with van der Waals surface area (Å²) in [4.78, 5) is 27.9. The van der Waals surface area contributed by atoms with Gasteiger partial charge in [0.05, 0.1) is 0 Å². The standard InChI is InChI=1S/C16H25N5O2/c1-3-19(4-2)16(23)20-10-12-21(13-11-20)18-15(22)17-14-8-6-5-7-9-14/h5-9H,3-4,10-13H2,1-2H3,(H2,17,18,22). The number of piperazine rings is 1. The molecule has 1 heterocycles. The van der Waals surface area contributed by atoms with Crippen LogP contribution in [0.2, 0.25) is 0 Å². The minimum absolute atomic E-state index is 0.0726. The molecule has 0 spiro atoms. The summed E-state index contributed by atoms with van der Waals surface area (Å²) in [7, 11) is 0. The van der Waals surface area contributed by atoms with E-state index in [0.29, 0.717) is 39.3 Å². The van der Waals surface area contributed by atoms with Gasteiger partial charge < -0.3 is 15.1 Å². The molecule has 2 N–H and O–H groups in total. The van der Waals surface area contributed by atoms with Gasteiger partial charge in [-0.15, -0.1) is 0 Å². The number of hydrazine groups is 1. The Bertz CT molecular complexity index is 510. The molecule has 0 aliphatic carbocycles. The van der Waals surface area contributed by atoms with E-state index in [2.05, 4.69) is 10.7 Å². The van der Waals surface area contributed by atoms with E-state index in [4.69, 9.17) is 0 Å². The minimum Gasteiger partial charge on any atom is -0.325 e. The summed E-state index contributed by atoms with van der Waals surface area (Å²) < 4.78 is 0. The van der Waals surface area contributed by atoms with Gasteiger partial charge in [-0.3, -0.25) is 5.43 Å². The third-order valence-electron chi connectivity index (χ3n) is 3.88. The molecule has 1 aliphatic rings. The number of carbonyl (C=O) groups excluding carboxylic acids is 2. The lowest BCUT2D eigenvalue weighted by atomic mass is 10.3. The van der Waals surface area contributed by atoms with Crippen molar-refractivity contribution in [1.82, 2.24) is 20.2 Å². The van der Waals surface area contributed by atoms with Gasteiger partial charge in [0, 0.05) is 45.0 Å². The summed E-state index contributed by atoms with van der Waals surface area (Å²) in [5.41, 5.74) is 3.57. The average molecular weight is 319 g/mol. The Morgan fingerprint density at radius 1 is 1.04 bits per heavy atom. The van der Waals surface area contributed by atoms with Crippen molar-refractivity contribution in [2.45, 2.75) is 13.8 Å². The number of para-hydroxylation sites is 1. The molecule has 4 amide bonds. The quantitative estimate of drug-likeness (QED) is 0.889. The Morgan fingerprint density at radius 3 is 2.22 bits per heavy atom. The molecule has 1 aromatic carbocycles. The topological polar surface area (TPSA) is 67.9 Å². The number of nitrogens with one attached hydrogen (secondary N) is 2. The zero-order chi connectivity index (χ0) is 16.7. The van der Waals surface area contributed by atoms with Crippen molar-refractivity contribution in [3.05, 3.63) is 30.3 Å². The minimum atomic E-state index is -0.264. The summed E-state index contributed by atoms with van der Waals surface area (Å²) in [5.74, 6) is 0. The van der Waals surface area contributed by atoms with Gasteiger partial charge >= 0.3 is 12.1 Å². The lowest BCUT2D eigenvalue weighted by Crippen LogP contribution is -2.57. The van der Waals surface area contributed by atoms with Crippen LogP contribution in [-0.2, 0) is 0 Å². The number of hydrogen-bond donors (Lipinski definition) is 2. The van der Waals surface area contributed by atoms with Crippen molar-refractivity contribution in [3.8, 4) is 0 Å². The summed E-state index contributed by atoms with van der Waals surface area (Å²) >= 11 is 0. The molecule has 1 aliphatic heterocycles. The SMILES string of the molecule is CCN(CC)C(=O)N1CCN(NC(=O)Nc2ccccc2)CC1. The highest BCUT2D eigenvalue weighted by atomic mass is 16.2. The number of benzene rings is 1. The number of anilines is 1. The molecular weight excluding hydrogens is 294 g/mol. The fourth-order valence-electron chi connectivity index (χ4n) is 2.53. The molecule has 0 saturated carbocycles. The maximum atomic E-state index is 12.3. The normalized spacial score (nSPS) is 15.1. The van der Waals surface area contributed by atoms with E-state index in [9.17, 15) is 9.59 Å². The highest BCUT2D eigenvalue weighted by Crippen LogP contribution is 2.06. The first-order chi connectivity index (χ1) is 11.1. The molecule has 1 aromatic rings. The zero-order valence-electron chi connectivity index (χ0n) is 13.8. The van der Waals surface area contributed by atoms with Crippen LogP contribution in [-0.4, -0.2) is 66.1 Å². The molecule has 0 atom stereocenters. The molecular formula is C16H25N5O2. The predicted octanol–water partition coefficient (Wildman–Crippen LogP) is 1.80. The van der Waals surface area contributed by atoms with E-state index in [1.54, 1.807) is 0 Å². The first-order valence-corrected chi connectivity index (χ1v) is 8.05. The molecule has 7 heteroatoms. The van der Waals surface area contributed by atoms with Crippen LogP contribution in [0.4, 0.5) is 15.3 Å². The van der Waals surface area contributed by atoms with Gasteiger partial charge in [-0.05, 0) is 26.0 Å². The fraction of sp³-hybridized carbons (Fsp3) is 0.500. The fourth-order valence-corrected chi connectivity index (χ4v) is 2.53. The van der Waals surface area contributed by atoms with Crippen LogP contribution in [0, 0.1) is 0 Å². The smallest absolute Gasteiger partial charge is 0.325 e. The van der Waals surface area contributed by atoms with Crippen molar-refractivity contribution in [1.29, 1.82) is 0 Å².